The number of benzene rings is 1. The van der Waals surface area contributed by atoms with Crippen molar-refractivity contribution >= 4 is 17.0 Å². The van der Waals surface area contributed by atoms with E-state index in [1.54, 1.807) is 4.68 Å². The van der Waals surface area contributed by atoms with Crippen LogP contribution in [0.3, 0.4) is 0 Å². The number of rotatable bonds is 2. The quantitative estimate of drug-likeness (QED) is 0.800. The van der Waals surface area contributed by atoms with Gasteiger partial charge in [0.25, 0.3) is 0 Å². The Morgan fingerprint density at radius 1 is 1.44 bits per heavy atom. The molecule has 0 atom stereocenters. The third-order valence-corrected chi connectivity index (χ3v) is 2.29. The summed E-state index contributed by atoms with van der Waals surface area (Å²) in [5, 5.41) is 26.2. The van der Waals surface area contributed by atoms with E-state index < -0.39 is 5.97 Å². The summed E-state index contributed by atoms with van der Waals surface area (Å²) in [6, 6.07) is 2.68. The van der Waals surface area contributed by atoms with Gasteiger partial charge in [0.1, 0.15) is 5.75 Å². The minimum Gasteiger partial charge on any atom is -0.506 e. The maximum absolute atomic E-state index is 10.8. The number of nitrogens with zero attached hydrogens (tertiary/aromatic N) is 3. The van der Waals surface area contributed by atoms with Gasteiger partial charge in [-0.15, -0.1) is 5.10 Å². The highest BCUT2D eigenvalue weighted by molar-refractivity contribution is 5.94. The maximum Gasteiger partial charge on any atom is 0.335 e. The number of aromatic carboxylic acids is 1. The molecule has 0 unspecified atom stereocenters. The van der Waals surface area contributed by atoms with E-state index in [-0.39, 0.29) is 17.4 Å². The normalized spacial score (nSPS) is 11.2. The van der Waals surface area contributed by atoms with E-state index >= 15 is 0 Å². The fourth-order valence-corrected chi connectivity index (χ4v) is 1.53. The lowest BCUT2D eigenvalue weighted by molar-refractivity contribution is 0.0696. The summed E-state index contributed by atoms with van der Waals surface area (Å²) in [6.45, 7) is 3.80. The van der Waals surface area contributed by atoms with Crippen LogP contribution in [-0.4, -0.2) is 31.2 Å². The highest BCUT2D eigenvalue weighted by Crippen LogP contribution is 2.26. The molecular formula is C10H11N3O3. The number of hydrogen-bond acceptors (Lipinski definition) is 4. The van der Waals surface area contributed by atoms with Crippen LogP contribution >= 0.6 is 0 Å². The summed E-state index contributed by atoms with van der Waals surface area (Å²) in [4.78, 5) is 10.8. The van der Waals surface area contributed by atoms with Crippen LogP contribution in [0.1, 0.15) is 30.2 Å². The number of fused-ring (bicyclic) bond motifs is 1. The highest BCUT2D eigenvalue weighted by Gasteiger charge is 2.15. The first kappa shape index (κ1) is 10.4. The lowest BCUT2D eigenvalue weighted by atomic mass is 10.2. The number of phenols is 1. The zero-order valence-electron chi connectivity index (χ0n) is 8.88. The molecule has 0 saturated heterocycles. The van der Waals surface area contributed by atoms with Gasteiger partial charge in [0.2, 0.25) is 0 Å². The first-order valence-corrected chi connectivity index (χ1v) is 4.82. The van der Waals surface area contributed by atoms with Crippen molar-refractivity contribution in [2.75, 3.05) is 0 Å². The van der Waals surface area contributed by atoms with Crippen molar-refractivity contribution in [3.05, 3.63) is 17.7 Å². The van der Waals surface area contributed by atoms with Gasteiger partial charge in [0.15, 0.2) is 5.52 Å². The molecule has 2 aromatic rings. The molecule has 0 bridgehead atoms. The van der Waals surface area contributed by atoms with Gasteiger partial charge < -0.3 is 10.2 Å². The Bertz CT molecular complexity index is 560. The van der Waals surface area contributed by atoms with Crippen molar-refractivity contribution in [3.8, 4) is 5.75 Å². The average molecular weight is 221 g/mol. The molecule has 6 nitrogen and oxygen atoms in total. The van der Waals surface area contributed by atoms with Gasteiger partial charge >= 0.3 is 5.97 Å². The molecule has 0 radical (unpaired) electrons. The monoisotopic (exact) mass is 221 g/mol. The molecule has 0 aliphatic rings. The Labute approximate surface area is 91.1 Å². The molecule has 1 aromatic heterocycles. The van der Waals surface area contributed by atoms with Gasteiger partial charge in [0, 0.05) is 6.04 Å². The van der Waals surface area contributed by atoms with Gasteiger partial charge in [-0.3, -0.25) is 0 Å². The number of carboxylic acids is 1. The molecule has 2 rings (SSSR count). The second-order valence-corrected chi connectivity index (χ2v) is 3.80. The summed E-state index contributed by atoms with van der Waals surface area (Å²) in [5.74, 6) is -1.25. The predicted molar refractivity (Wildman–Crippen MR) is 56.5 cm³/mol. The van der Waals surface area contributed by atoms with Gasteiger partial charge in [-0.1, -0.05) is 5.21 Å². The molecular weight excluding hydrogens is 210 g/mol. The van der Waals surface area contributed by atoms with Crippen molar-refractivity contribution in [2.45, 2.75) is 19.9 Å². The SMILES string of the molecule is CC(C)n1nnc2c(O)cc(C(=O)O)cc21. The van der Waals surface area contributed by atoms with Crippen LogP contribution in [-0.2, 0) is 0 Å². The number of phenolic OH excluding ortho intramolecular Hbond substituents is 1. The van der Waals surface area contributed by atoms with E-state index in [2.05, 4.69) is 10.3 Å². The summed E-state index contributed by atoms with van der Waals surface area (Å²) in [6.07, 6.45) is 0. The Balaban J connectivity index is 2.76. The average Bonchev–Trinajstić information content (AvgIpc) is 2.61. The van der Waals surface area contributed by atoms with Crippen LogP contribution in [0.4, 0.5) is 0 Å². The Hall–Kier alpha value is -2.11. The van der Waals surface area contributed by atoms with E-state index in [0.717, 1.165) is 0 Å². The van der Waals surface area contributed by atoms with E-state index in [1.165, 1.54) is 12.1 Å². The Kier molecular flexibility index (Phi) is 2.26. The molecule has 1 aromatic carbocycles. The number of aromatic nitrogens is 3. The van der Waals surface area contributed by atoms with Crippen molar-refractivity contribution in [2.24, 2.45) is 0 Å². The number of aromatic hydroxyl groups is 1. The van der Waals surface area contributed by atoms with E-state index in [9.17, 15) is 9.90 Å². The summed E-state index contributed by atoms with van der Waals surface area (Å²) < 4.78 is 1.57. The third-order valence-electron chi connectivity index (χ3n) is 2.29. The van der Waals surface area contributed by atoms with Crippen molar-refractivity contribution in [1.29, 1.82) is 0 Å². The molecule has 0 amide bonds. The van der Waals surface area contributed by atoms with E-state index in [0.29, 0.717) is 11.0 Å². The molecule has 16 heavy (non-hydrogen) atoms. The van der Waals surface area contributed by atoms with E-state index in [1.807, 2.05) is 13.8 Å². The highest BCUT2D eigenvalue weighted by atomic mass is 16.4. The maximum atomic E-state index is 10.8. The van der Waals surface area contributed by atoms with Crippen molar-refractivity contribution in [3.63, 3.8) is 0 Å². The third kappa shape index (κ3) is 1.48. The van der Waals surface area contributed by atoms with Crippen molar-refractivity contribution < 1.29 is 15.0 Å². The molecule has 84 valence electrons. The first-order chi connectivity index (χ1) is 7.50. The molecule has 0 aliphatic carbocycles. The minimum absolute atomic E-state index is 0.0224. The molecule has 0 saturated carbocycles. The van der Waals surface area contributed by atoms with Gasteiger partial charge in [-0.25, -0.2) is 9.48 Å². The summed E-state index contributed by atoms with van der Waals surface area (Å²) in [7, 11) is 0. The van der Waals surface area contributed by atoms with E-state index in [4.69, 9.17) is 5.11 Å². The lowest BCUT2D eigenvalue weighted by Crippen LogP contribution is -2.03. The van der Waals surface area contributed by atoms with Crippen LogP contribution in [0.25, 0.3) is 11.0 Å². The summed E-state index contributed by atoms with van der Waals surface area (Å²) >= 11 is 0. The zero-order valence-corrected chi connectivity index (χ0v) is 8.88. The fourth-order valence-electron chi connectivity index (χ4n) is 1.53. The largest absolute Gasteiger partial charge is 0.506 e. The van der Waals surface area contributed by atoms with Crippen LogP contribution in [0, 0.1) is 0 Å². The summed E-state index contributed by atoms with van der Waals surface area (Å²) in [5.41, 5.74) is 0.861. The second kappa shape index (κ2) is 3.48. The van der Waals surface area contributed by atoms with Crippen LogP contribution in [0.5, 0.6) is 5.75 Å². The van der Waals surface area contributed by atoms with Gasteiger partial charge in [0.05, 0.1) is 11.1 Å². The molecule has 0 aliphatic heterocycles. The molecule has 2 N–H and O–H groups in total. The molecule has 0 fully saturated rings. The predicted octanol–water partition coefficient (Wildman–Crippen LogP) is 1.42. The van der Waals surface area contributed by atoms with Crippen LogP contribution in [0.15, 0.2) is 12.1 Å². The molecule has 6 heteroatoms. The topological polar surface area (TPSA) is 88.2 Å². The van der Waals surface area contributed by atoms with Crippen LogP contribution in [0.2, 0.25) is 0 Å². The van der Waals surface area contributed by atoms with Crippen molar-refractivity contribution in [1.82, 2.24) is 15.0 Å². The number of carboxylic acid groups (broad SMARTS) is 1. The van der Waals surface area contributed by atoms with Gasteiger partial charge in [-0.05, 0) is 26.0 Å². The van der Waals surface area contributed by atoms with Gasteiger partial charge in [-0.2, -0.15) is 0 Å². The number of carbonyl (C=O) groups is 1. The standard InChI is InChI=1S/C10H11N3O3/c1-5(2)13-7-3-6(10(15)16)4-8(14)9(7)11-12-13/h3-5,14H,1-2H3,(H,15,16). The number of hydrogen-bond donors (Lipinski definition) is 2. The smallest absolute Gasteiger partial charge is 0.335 e. The second-order valence-electron chi connectivity index (χ2n) is 3.80. The Morgan fingerprint density at radius 2 is 2.12 bits per heavy atom. The minimum atomic E-state index is -1.09. The lowest BCUT2D eigenvalue weighted by Gasteiger charge is -2.06. The Morgan fingerprint density at radius 3 is 2.69 bits per heavy atom. The van der Waals surface area contributed by atoms with Crippen LogP contribution < -0.4 is 0 Å². The zero-order chi connectivity index (χ0) is 11.9. The molecule has 1 heterocycles. The fraction of sp³-hybridized carbons (Fsp3) is 0.300. The first-order valence-electron chi connectivity index (χ1n) is 4.82. The molecule has 0 spiro atoms.